The van der Waals surface area contributed by atoms with Gasteiger partial charge in [-0.1, -0.05) is 19.3 Å². The Bertz CT molecular complexity index is 171. The van der Waals surface area contributed by atoms with Gasteiger partial charge < -0.3 is 15.6 Å². The molecule has 0 radical (unpaired) electrons. The highest BCUT2D eigenvalue weighted by molar-refractivity contribution is 5.05. The third kappa shape index (κ3) is 1.69. The summed E-state index contributed by atoms with van der Waals surface area (Å²) in [7, 11) is 0. The molecule has 0 unspecified atom stereocenters. The van der Waals surface area contributed by atoms with E-state index in [1.165, 1.54) is 6.42 Å². The summed E-state index contributed by atoms with van der Waals surface area (Å²) in [4.78, 5) is 0. The highest BCUT2D eigenvalue weighted by atomic mass is 16.5. The van der Waals surface area contributed by atoms with Gasteiger partial charge in [-0.2, -0.15) is 0 Å². The Hall–Kier alpha value is -0.120. The van der Waals surface area contributed by atoms with Crippen molar-refractivity contribution >= 4 is 0 Å². The van der Waals surface area contributed by atoms with Gasteiger partial charge in [0, 0.05) is 18.8 Å². The first-order chi connectivity index (χ1) is 6.66. The zero-order chi connectivity index (χ0) is 10.1. The van der Waals surface area contributed by atoms with Crippen LogP contribution < -0.4 is 5.73 Å². The van der Waals surface area contributed by atoms with Crippen molar-refractivity contribution < 1.29 is 9.84 Å². The van der Waals surface area contributed by atoms with E-state index < -0.39 is 5.60 Å². The van der Waals surface area contributed by atoms with Crippen molar-refractivity contribution in [3.8, 4) is 0 Å². The van der Waals surface area contributed by atoms with Crippen molar-refractivity contribution in [2.24, 2.45) is 5.73 Å². The second-order valence-electron chi connectivity index (χ2n) is 4.86. The number of nitrogens with two attached hydrogens (primary N) is 1. The molecule has 2 fully saturated rings. The van der Waals surface area contributed by atoms with Gasteiger partial charge in [-0.05, 0) is 25.7 Å². The predicted molar refractivity (Wildman–Crippen MR) is 55.0 cm³/mol. The summed E-state index contributed by atoms with van der Waals surface area (Å²) >= 11 is 0. The molecular formula is C11H21NO2. The molecule has 3 heteroatoms. The SMILES string of the molecule is NC1(C2(O)CCCCC2)CCOCC1. The van der Waals surface area contributed by atoms with Crippen LogP contribution in [0.2, 0.25) is 0 Å². The molecule has 0 atom stereocenters. The van der Waals surface area contributed by atoms with E-state index in [1.807, 2.05) is 0 Å². The van der Waals surface area contributed by atoms with Crippen LogP contribution in [0.5, 0.6) is 0 Å². The second kappa shape index (κ2) is 3.80. The van der Waals surface area contributed by atoms with Crippen molar-refractivity contribution in [2.45, 2.75) is 56.1 Å². The Kier molecular flexibility index (Phi) is 2.82. The third-order valence-electron chi connectivity index (χ3n) is 3.99. The summed E-state index contributed by atoms with van der Waals surface area (Å²) < 4.78 is 5.31. The maximum atomic E-state index is 10.6. The fourth-order valence-electron chi connectivity index (χ4n) is 2.84. The average molecular weight is 199 g/mol. The van der Waals surface area contributed by atoms with Gasteiger partial charge in [0.05, 0.1) is 5.60 Å². The molecule has 0 aromatic rings. The minimum absolute atomic E-state index is 0.383. The molecule has 1 saturated carbocycles. The van der Waals surface area contributed by atoms with E-state index in [4.69, 9.17) is 10.5 Å². The molecule has 0 bridgehead atoms. The Labute approximate surface area is 85.6 Å². The average Bonchev–Trinajstić information content (AvgIpc) is 2.20. The molecule has 0 aromatic carbocycles. The zero-order valence-electron chi connectivity index (χ0n) is 8.80. The molecule has 82 valence electrons. The molecule has 1 aliphatic heterocycles. The van der Waals surface area contributed by atoms with Crippen LogP contribution in [0.1, 0.15) is 44.9 Å². The smallest absolute Gasteiger partial charge is 0.0828 e. The van der Waals surface area contributed by atoms with Crippen LogP contribution in [-0.4, -0.2) is 29.5 Å². The van der Waals surface area contributed by atoms with E-state index in [2.05, 4.69) is 0 Å². The third-order valence-corrected chi connectivity index (χ3v) is 3.99. The first-order valence-corrected chi connectivity index (χ1v) is 5.75. The lowest BCUT2D eigenvalue weighted by atomic mass is 9.67. The van der Waals surface area contributed by atoms with Crippen LogP contribution in [0.15, 0.2) is 0 Å². The molecule has 3 nitrogen and oxygen atoms in total. The van der Waals surface area contributed by atoms with Gasteiger partial charge in [0.1, 0.15) is 0 Å². The quantitative estimate of drug-likeness (QED) is 0.667. The largest absolute Gasteiger partial charge is 0.388 e. The van der Waals surface area contributed by atoms with E-state index in [9.17, 15) is 5.11 Å². The van der Waals surface area contributed by atoms with E-state index in [1.54, 1.807) is 0 Å². The summed E-state index contributed by atoms with van der Waals surface area (Å²) in [5.41, 5.74) is 5.34. The summed E-state index contributed by atoms with van der Waals surface area (Å²) in [6, 6.07) is 0. The molecule has 2 aliphatic rings. The lowest BCUT2D eigenvalue weighted by Gasteiger charge is -2.49. The topological polar surface area (TPSA) is 55.5 Å². The molecule has 1 heterocycles. The number of rotatable bonds is 1. The molecule has 3 N–H and O–H groups in total. The minimum Gasteiger partial charge on any atom is -0.388 e. The number of hydrogen-bond acceptors (Lipinski definition) is 3. The van der Waals surface area contributed by atoms with E-state index in [0.717, 1.165) is 38.5 Å². The van der Waals surface area contributed by atoms with Gasteiger partial charge in [0.15, 0.2) is 0 Å². The van der Waals surface area contributed by atoms with E-state index in [-0.39, 0.29) is 5.54 Å². The molecule has 1 aliphatic carbocycles. The fraction of sp³-hybridized carbons (Fsp3) is 1.00. The molecular weight excluding hydrogens is 178 g/mol. The lowest BCUT2D eigenvalue weighted by molar-refractivity contribution is -0.102. The van der Waals surface area contributed by atoms with Gasteiger partial charge in [-0.15, -0.1) is 0 Å². The predicted octanol–water partition coefficient (Wildman–Crippen LogP) is 1.19. The van der Waals surface area contributed by atoms with Crippen LogP contribution in [0.25, 0.3) is 0 Å². The summed E-state index contributed by atoms with van der Waals surface area (Å²) in [5, 5.41) is 10.6. The molecule has 2 rings (SSSR count). The normalized spacial score (nSPS) is 31.3. The number of aliphatic hydroxyl groups is 1. The molecule has 0 spiro atoms. The highest BCUT2D eigenvalue weighted by Gasteiger charge is 2.48. The van der Waals surface area contributed by atoms with Crippen molar-refractivity contribution in [3.05, 3.63) is 0 Å². The Morgan fingerprint density at radius 1 is 0.929 bits per heavy atom. The molecule has 14 heavy (non-hydrogen) atoms. The maximum absolute atomic E-state index is 10.6. The second-order valence-corrected chi connectivity index (χ2v) is 4.86. The first-order valence-electron chi connectivity index (χ1n) is 5.75. The first kappa shape index (κ1) is 10.4. The Morgan fingerprint density at radius 3 is 2.07 bits per heavy atom. The Balaban J connectivity index is 2.09. The monoisotopic (exact) mass is 199 g/mol. The minimum atomic E-state index is -0.616. The van der Waals surface area contributed by atoms with Crippen molar-refractivity contribution in [3.63, 3.8) is 0 Å². The van der Waals surface area contributed by atoms with Crippen LogP contribution in [0, 0.1) is 0 Å². The molecule has 1 saturated heterocycles. The lowest BCUT2D eigenvalue weighted by Crippen LogP contribution is -2.63. The van der Waals surface area contributed by atoms with Gasteiger partial charge >= 0.3 is 0 Å². The van der Waals surface area contributed by atoms with Crippen LogP contribution in [-0.2, 0) is 4.74 Å². The summed E-state index contributed by atoms with van der Waals surface area (Å²) in [5.74, 6) is 0. The van der Waals surface area contributed by atoms with E-state index in [0.29, 0.717) is 13.2 Å². The molecule has 0 amide bonds. The van der Waals surface area contributed by atoms with Crippen LogP contribution in [0.4, 0.5) is 0 Å². The van der Waals surface area contributed by atoms with Crippen molar-refractivity contribution in [1.29, 1.82) is 0 Å². The van der Waals surface area contributed by atoms with Crippen molar-refractivity contribution in [1.82, 2.24) is 0 Å². The number of hydrogen-bond donors (Lipinski definition) is 2. The number of ether oxygens (including phenoxy) is 1. The van der Waals surface area contributed by atoms with Crippen LogP contribution >= 0.6 is 0 Å². The van der Waals surface area contributed by atoms with Gasteiger partial charge in [-0.25, -0.2) is 0 Å². The summed E-state index contributed by atoms with van der Waals surface area (Å²) in [6.45, 7) is 1.41. The summed E-state index contributed by atoms with van der Waals surface area (Å²) in [6.07, 6.45) is 6.86. The van der Waals surface area contributed by atoms with Crippen molar-refractivity contribution in [2.75, 3.05) is 13.2 Å². The standard InChI is InChI=1S/C11H21NO2/c12-10(6-8-14-9-7-10)11(13)4-2-1-3-5-11/h13H,1-9,12H2. The zero-order valence-corrected chi connectivity index (χ0v) is 8.80. The van der Waals surface area contributed by atoms with E-state index >= 15 is 0 Å². The van der Waals surface area contributed by atoms with Crippen LogP contribution in [0.3, 0.4) is 0 Å². The highest BCUT2D eigenvalue weighted by Crippen LogP contribution is 2.40. The molecule has 0 aromatic heterocycles. The Morgan fingerprint density at radius 2 is 1.50 bits per heavy atom. The van der Waals surface area contributed by atoms with Gasteiger partial charge in [-0.3, -0.25) is 0 Å². The maximum Gasteiger partial charge on any atom is 0.0828 e. The van der Waals surface area contributed by atoms with Gasteiger partial charge in [0.2, 0.25) is 0 Å². The van der Waals surface area contributed by atoms with Gasteiger partial charge in [0.25, 0.3) is 0 Å². The fourth-order valence-corrected chi connectivity index (χ4v) is 2.84.